The van der Waals surface area contributed by atoms with Gasteiger partial charge in [0.2, 0.25) is 0 Å². The molecule has 0 saturated carbocycles. The van der Waals surface area contributed by atoms with Gasteiger partial charge in [-0.25, -0.2) is 4.79 Å². The summed E-state index contributed by atoms with van der Waals surface area (Å²) in [5, 5.41) is 12.7. The fourth-order valence-corrected chi connectivity index (χ4v) is 1.05. The molecule has 4 nitrogen and oxygen atoms in total. The first-order valence-electron chi connectivity index (χ1n) is 3.93. The molecule has 0 aliphatic carbocycles. The second-order valence-electron chi connectivity index (χ2n) is 2.97. The Morgan fingerprint density at radius 1 is 1.69 bits per heavy atom. The van der Waals surface area contributed by atoms with E-state index in [0.717, 1.165) is 11.4 Å². The van der Waals surface area contributed by atoms with E-state index in [1.807, 2.05) is 13.0 Å². The Morgan fingerprint density at radius 3 is 2.69 bits per heavy atom. The number of carboxylic acids is 1. The molecule has 0 aliphatic heterocycles. The van der Waals surface area contributed by atoms with E-state index >= 15 is 0 Å². The number of rotatable bonds is 2. The van der Waals surface area contributed by atoms with Crippen molar-refractivity contribution in [3.8, 4) is 0 Å². The molecule has 1 aromatic heterocycles. The highest BCUT2D eigenvalue weighted by atomic mass is 16.4. The molecule has 4 heteroatoms. The molecular formula is C9H12N2O2. The summed E-state index contributed by atoms with van der Waals surface area (Å²) in [6, 6.07) is 1.84. The fraction of sp³-hybridized carbons (Fsp3) is 0.333. The van der Waals surface area contributed by atoms with E-state index in [0.29, 0.717) is 5.57 Å². The van der Waals surface area contributed by atoms with Gasteiger partial charge in [0, 0.05) is 12.6 Å². The molecule has 0 spiro atoms. The number of nitrogens with zero attached hydrogens (tertiary/aromatic N) is 2. The summed E-state index contributed by atoms with van der Waals surface area (Å²) in [5.41, 5.74) is 1.99. The van der Waals surface area contributed by atoms with Crippen molar-refractivity contribution in [2.45, 2.75) is 13.8 Å². The molecule has 0 aliphatic rings. The van der Waals surface area contributed by atoms with Crippen molar-refractivity contribution >= 4 is 12.0 Å². The normalized spacial score (nSPS) is 11.8. The molecule has 0 radical (unpaired) electrons. The van der Waals surface area contributed by atoms with Gasteiger partial charge >= 0.3 is 5.97 Å². The minimum Gasteiger partial charge on any atom is -0.478 e. The molecule has 1 N–H and O–H groups in total. The second kappa shape index (κ2) is 3.43. The van der Waals surface area contributed by atoms with E-state index < -0.39 is 5.97 Å². The van der Waals surface area contributed by atoms with Crippen LogP contribution < -0.4 is 0 Å². The lowest BCUT2D eigenvalue weighted by molar-refractivity contribution is -0.132. The van der Waals surface area contributed by atoms with Gasteiger partial charge in [-0.2, -0.15) is 5.10 Å². The molecule has 0 unspecified atom stereocenters. The van der Waals surface area contributed by atoms with Gasteiger partial charge < -0.3 is 5.11 Å². The number of carboxylic acid groups (broad SMARTS) is 1. The van der Waals surface area contributed by atoms with Crippen molar-refractivity contribution in [1.29, 1.82) is 0 Å². The van der Waals surface area contributed by atoms with Gasteiger partial charge in [-0.15, -0.1) is 0 Å². The Kier molecular flexibility index (Phi) is 2.51. The quantitative estimate of drug-likeness (QED) is 0.696. The van der Waals surface area contributed by atoms with Crippen LogP contribution in [0.25, 0.3) is 6.08 Å². The van der Waals surface area contributed by atoms with Gasteiger partial charge in [0.25, 0.3) is 0 Å². The highest BCUT2D eigenvalue weighted by Gasteiger charge is 2.03. The maximum Gasteiger partial charge on any atom is 0.331 e. The maximum atomic E-state index is 10.5. The zero-order chi connectivity index (χ0) is 10.0. The standard InChI is InChI=1S/C9H12N2O2/c1-6(9(12)13)4-8-5-7(2)10-11(8)3/h4-5H,1-3H3,(H,12,13)/b6-4+. The number of aliphatic carboxylic acids is 1. The Bertz CT molecular complexity index is 364. The smallest absolute Gasteiger partial charge is 0.331 e. The largest absolute Gasteiger partial charge is 0.478 e. The van der Waals surface area contributed by atoms with Gasteiger partial charge in [-0.3, -0.25) is 4.68 Å². The molecule has 0 atom stereocenters. The van der Waals surface area contributed by atoms with Crippen molar-refractivity contribution < 1.29 is 9.90 Å². The Balaban J connectivity index is 3.03. The summed E-state index contributed by atoms with van der Waals surface area (Å²) >= 11 is 0. The summed E-state index contributed by atoms with van der Waals surface area (Å²) in [7, 11) is 1.79. The van der Waals surface area contributed by atoms with Gasteiger partial charge in [0.15, 0.2) is 0 Å². The average molecular weight is 180 g/mol. The van der Waals surface area contributed by atoms with Gasteiger partial charge in [-0.1, -0.05) is 0 Å². The number of hydrogen-bond acceptors (Lipinski definition) is 2. The van der Waals surface area contributed by atoms with E-state index in [-0.39, 0.29) is 0 Å². The predicted octanol–water partition coefficient (Wildman–Crippen LogP) is 1.22. The summed E-state index contributed by atoms with van der Waals surface area (Å²) in [6.45, 7) is 3.43. The van der Waals surface area contributed by atoms with E-state index in [4.69, 9.17) is 5.11 Å². The van der Waals surface area contributed by atoms with Crippen molar-refractivity contribution in [3.05, 3.63) is 23.0 Å². The first kappa shape index (κ1) is 9.51. The van der Waals surface area contributed by atoms with Crippen LogP contribution in [0.3, 0.4) is 0 Å². The predicted molar refractivity (Wildman–Crippen MR) is 49.2 cm³/mol. The van der Waals surface area contributed by atoms with Crippen LogP contribution in [0.15, 0.2) is 11.6 Å². The number of carbonyl (C=O) groups is 1. The molecule has 0 saturated heterocycles. The zero-order valence-corrected chi connectivity index (χ0v) is 7.90. The number of hydrogen-bond donors (Lipinski definition) is 1. The molecule has 13 heavy (non-hydrogen) atoms. The van der Waals surface area contributed by atoms with Crippen LogP contribution in [-0.2, 0) is 11.8 Å². The number of aromatic nitrogens is 2. The third-order valence-corrected chi connectivity index (χ3v) is 1.74. The van der Waals surface area contributed by atoms with Crippen LogP contribution in [0.1, 0.15) is 18.3 Å². The molecule has 1 rings (SSSR count). The van der Waals surface area contributed by atoms with Crippen LogP contribution in [0, 0.1) is 6.92 Å². The summed E-state index contributed by atoms with van der Waals surface area (Å²) < 4.78 is 1.65. The topological polar surface area (TPSA) is 55.1 Å². The Morgan fingerprint density at radius 2 is 2.31 bits per heavy atom. The van der Waals surface area contributed by atoms with Crippen LogP contribution in [0.4, 0.5) is 0 Å². The molecule has 0 bridgehead atoms. The van der Waals surface area contributed by atoms with Crippen LogP contribution in [0.5, 0.6) is 0 Å². The zero-order valence-electron chi connectivity index (χ0n) is 7.90. The molecule has 1 heterocycles. The van der Waals surface area contributed by atoms with E-state index in [2.05, 4.69) is 5.10 Å². The van der Waals surface area contributed by atoms with Crippen molar-refractivity contribution in [2.75, 3.05) is 0 Å². The minimum absolute atomic E-state index is 0.308. The van der Waals surface area contributed by atoms with Gasteiger partial charge in [0.1, 0.15) is 0 Å². The summed E-state index contributed by atoms with van der Waals surface area (Å²) in [6.07, 6.45) is 1.60. The molecule has 0 aromatic carbocycles. The van der Waals surface area contributed by atoms with E-state index in [1.165, 1.54) is 0 Å². The molecule has 0 fully saturated rings. The Hall–Kier alpha value is -1.58. The maximum absolute atomic E-state index is 10.5. The monoisotopic (exact) mass is 180 g/mol. The SMILES string of the molecule is C/C(=C\c1cc(C)nn1C)C(=O)O. The average Bonchev–Trinajstić information content (AvgIpc) is 2.30. The lowest BCUT2D eigenvalue weighted by atomic mass is 10.2. The Labute approximate surface area is 76.5 Å². The molecule has 70 valence electrons. The van der Waals surface area contributed by atoms with Crippen molar-refractivity contribution in [2.24, 2.45) is 7.05 Å². The van der Waals surface area contributed by atoms with Crippen LogP contribution >= 0.6 is 0 Å². The van der Waals surface area contributed by atoms with Crippen LogP contribution in [-0.4, -0.2) is 20.9 Å². The molecule has 1 aromatic rings. The highest BCUT2D eigenvalue weighted by Crippen LogP contribution is 2.07. The van der Waals surface area contributed by atoms with Crippen molar-refractivity contribution in [3.63, 3.8) is 0 Å². The first-order valence-corrected chi connectivity index (χ1v) is 3.93. The third-order valence-electron chi connectivity index (χ3n) is 1.74. The molecule has 0 amide bonds. The van der Waals surface area contributed by atoms with Gasteiger partial charge in [0.05, 0.1) is 11.4 Å². The van der Waals surface area contributed by atoms with E-state index in [9.17, 15) is 4.79 Å². The van der Waals surface area contributed by atoms with Crippen LogP contribution in [0.2, 0.25) is 0 Å². The third kappa shape index (κ3) is 2.18. The first-order chi connectivity index (χ1) is 6.00. The van der Waals surface area contributed by atoms with Crippen molar-refractivity contribution in [1.82, 2.24) is 9.78 Å². The lowest BCUT2D eigenvalue weighted by Gasteiger charge is -1.95. The summed E-state index contributed by atoms with van der Waals surface area (Å²) in [4.78, 5) is 10.5. The minimum atomic E-state index is -0.904. The fourth-order valence-electron chi connectivity index (χ4n) is 1.05. The number of aryl methyl sites for hydroxylation is 2. The second-order valence-corrected chi connectivity index (χ2v) is 2.97. The van der Waals surface area contributed by atoms with Gasteiger partial charge in [-0.05, 0) is 26.0 Å². The lowest BCUT2D eigenvalue weighted by Crippen LogP contribution is -1.98. The summed E-state index contributed by atoms with van der Waals surface area (Å²) in [5.74, 6) is -0.904. The molecular weight excluding hydrogens is 168 g/mol. The van der Waals surface area contributed by atoms with E-state index in [1.54, 1.807) is 24.7 Å². The highest BCUT2D eigenvalue weighted by molar-refractivity contribution is 5.91.